The number of ether oxygens (including phenoxy) is 2. The van der Waals surface area contributed by atoms with Gasteiger partial charge in [-0.3, -0.25) is 19.1 Å². The Morgan fingerprint density at radius 1 is 1.00 bits per heavy atom. The highest BCUT2D eigenvalue weighted by Crippen LogP contribution is 2.49. The summed E-state index contributed by atoms with van der Waals surface area (Å²) < 4.78 is 12.6. The Labute approximate surface area is 195 Å². The molecule has 8 heteroatoms. The molecule has 0 amide bonds. The number of para-hydroxylation sites is 1. The molecule has 1 atom stereocenters. The number of hydrogen-bond acceptors (Lipinski definition) is 6. The summed E-state index contributed by atoms with van der Waals surface area (Å²) in [4.78, 5) is 42.2. The average Bonchev–Trinajstić information content (AvgIpc) is 3.12. The molecule has 0 fully saturated rings. The summed E-state index contributed by atoms with van der Waals surface area (Å²) in [6.45, 7) is 3.12. The fraction of sp³-hybridized carbons (Fsp3) is 0.269. The normalized spacial score (nSPS) is 16.1. The van der Waals surface area contributed by atoms with Gasteiger partial charge >= 0.3 is 5.69 Å². The van der Waals surface area contributed by atoms with E-state index in [1.165, 1.54) is 4.57 Å². The van der Waals surface area contributed by atoms with Crippen molar-refractivity contribution in [2.24, 2.45) is 0 Å². The highest BCUT2D eigenvalue weighted by molar-refractivity contribution is 6.23. The van der Waals surface area contributed by atoms with Gasteiger partial charge in [0.1, 0.15) is 11.6 Å². The van der Waals surface area contributed by atoms with Gasteiger partial charge < -0.3 is 14.8 Å². The van der Waals surface area contributed by atoms with Gasteiger partial charge in [-0.2, -0.15) is 0 Å². The molecule has 0 radical (unpaired) electrons. The molecule has 34 heavy (non-hydrogen) atoms. The first kappa shape index (κ1) is 21.9. The number of nitrogens with zero attached hydrogens (tertiary/aromatic N) is 1. The van der Waals surface area contributed by atoms with E-state index in [1.807, 2.05) is 49.4 Å². The van der Waals surface area contributed by atoms with Crippen LogP contribution in [0, 0.1) is 0 Å². The lowest BCUT2D eigenvalue weighted by Crippen LogP contribution is -2.38. The summed E-state index contributed by atoms with van der Waals surface area (Å²) in [6.07, 6.45) is 0.582. The molecule has 2 heterocycles. The van der Waals surface area contributed by atoms with Crippen molar-refractivity contribution in [2.75, 3.05) is 25.6 Å². The van der Waals surface area contributed by atoms with Crippen LogP contribution in [0.4, 0.5) is 5.82 Å². The standard InChI is InChI=1S/C26H25N3O5/c1-3-34-18-12-7-6-11-17(18)19-20-22(15-9-4-5-10-16(15)23(20)30)27-24-21(19)25(31)28-26(32)29(24)13-8-14-33-2/h4-7,9-12,19,27H,3,8,13-14H2,1-2H3,(H,28,31,32)/t19-/m0/s1. The number of rotatable bonds is 7. The Kier molecular flexibility index (Phi) is 5.67. The van der Waals surface area contributed by atoms with Gasteiger partial charge in [-0.15, -0.1) is 0 Å². The van der Waals surface area contributed by atoms with Gasteiger partial charge in [-0.1, -0.05) is 42.5 Å². The topological polar surface area (TPSA) is 102 Å². The number of aromatic nitrogens is 2. The van der Waals surface area contributed by atoms with Crippen molar-refractivity contribution in [1.82, 2.24) is 9.55 Å². The number of anilines is 1. The lowest BCUT2D eigenvalue weighted by Gasteiger charge is -2.30. The van der Waals surface area contributed by atoms with Crippen LogP contribution in [-0.2, 0) is 11.3 Å². The fourth-order valence-corrected chi connectivity index (χ4v) is 4.86. The van der Waals surface area contributed by atoms with E-state index in [-0.39, 0.29) is 5.78 Å². The Balaban J connectivity index is 1.80. The number of carbonyl (C=O) groups is 1. The van der Waals surface area contributed by atoms with E-state index < -0.39 is 17.2 Å². The molecule has 0 saturated carbocycles. The van der Waals surface area contributed by atoms with E-state index >= 15 is 0 Å². The summed E-state index contributed by atoms with van der Waals surface area (Å²) in [5.41, 5.74) is 2.41. The number of ketones is 1. The van der Waals surface area contributed by atoms with Crippen molar-refractivity contribution in [3.63, 3.8) is 0 Å². The monoisotopic (exact) mass is 459 g/mol. The first-order chi connectivity index (χ1) is 16.6. The first-order valence-corrected chi connectivity index (χ1v) is 11.3. The molecule has 1 aliphatic heterocycles. The highest BCUT2D eigenvalue weighted by Gasteiger charge is 2.43. The third kappa shape index (κ3) is 3.38. The van der Waals surface area contributed by atoms with Gasteiger partial charge in [-0.05, 0) is 19.4 Å². The Morgan fingerprint density at radius 3 is 2.50 bits per heavy atom. The Bertz CT molecular complexity index is 1430. The molecular weight excluding hydrogens is 434 g/mol. The van der Waals surface area contributed by atoms with Gasteiger partial charge in [0.05, 0.1) is 23.8 Å². The van der Waals surface area contributed by atoms with Gasteiger partial charge in [0, 0.05) is 42.5 Å². The maximum absolute atomic E-state index is 13.6. The number of aromatic amines is 1. The van der Waals surface area contributed by atoms with E-state index in [4.69, 9.17) is 9.47 Å². The maximum atomic E-state index is 13.6. The van der Waals surface area contributed by atoms with Crippen LogP contribution in [0.25, 0.3) is 5.70 Å². The minimum atomic E-state index is -0.702. The molecule has 0 saturated heterocycles. The van der Waals surface area contributed by atoms with Crippen LogP contribution in [0.3, 0.4) is 0 Å². The minimum Gasteiger partial charge on any atom is -0.494 e. The molecule has 1 aromatic heterocycles. The Hall–Kier alpha value is -3.91. The minimum absolute atomic E-state index is 0.142. The lowest BCUT2D eigenvalue weighted by atomic mass is 9.81. The van der Waals surface area contributed by atoms with Crippen LogP contribution in [0.2, 0.25) is 0 Å². The second-order valence-electron chi connectivity index (χ2n) is 8.21. The number of allylic oxidation sites excluding steroid dienone is 1. The average molecular weight is 460 g/mol. The predicted octanol–water partition coefficient (Wildman–Crippen LogP) is 3.14. The molecular formula is C26H25N3O5. The molecule has 5 rings (SSSR count). The zero-order valence-corrected chi connectivity index (χ0v) is 19.0. The second-order valence-corrected chi connectivity index (χ2v) is 8.21. The van der Waals surface area contributed by atoms with Crippen molar-refractivity contribution >= 4 is 17.3 Å². The molecule has 2 aliphatic rings. The number of hydrogen-bond donors (Lipinski definition) is 2. The van der Waals surface area contributed by atoms with E-state index in [1.54, 1.807) is 13.2 Å². The van der Waals surface area contributed by atoms with Gasteiger partial charge in [0.15, 0.2) is 5.78 Å². The van der Waals surface area contributed by atoms with Crippen molar-refractivity contribution in [3.05, 3.63) is 97.2 Å². The summed E-state index contributed by atoms with van der Waals surface area (Å²) in [7, 11) is 1.60. The van der Waals surface area contributed by atoms with Crippen LogP contribution >= 0.6 is 0 Å². The van der Waals surface area contributed by atoms with E-state index in [0.717, 1.165) is 5.56 Å². The van der Waals surface area contributed by atoms with Crippen LogP contribution in [0.1, 0.15) is 46.3 Å². The Morgan fingerprint density at radius 2 is 1.74 bits per heavy atom. The fourth-order valence-electron chi connectivity index (χ4n) is 4.86. The van der Waals surface area contributed by atoms with Crippen LogP contribution in [0.5, 0.6) is 5.75 Å². The van der Waals surface area contributed by atoms with E-state index in [0.29, 0.717) is 65.7 Å². The molecule has 1 aliphatic carbocycles. The van der Waals surface area contributed by atoms with Crippen molar-refractivity contribution in [1.29, 1.82) is 0 Å². The smallest absolute Gasteiger partial charge is 0.329 e. The van der Waals surface area contributed by atoms with Gasteiger partial charge in [0.25, 0.3) is 5.56 Å². The molecule has 0 unspecified atom stereocenters. The molecule has 0 spiro atoms. The molecule has 8 nitrogen and oxygen atoms in total. The zero-order chi connectivity index (χ0) is 23.8. The summed E-state index contributed by atoms with van der Waals surface area (Å²) in [5, 5.41) is 3.29. The predicted molar refractivity (Wildman–Crippen MR) is 129 cm³/mol. The number of fused-ring (bicyclic) bond motifs is 3. The van der Waals surface area contributed by atoms with Gasteiger partial charge in [0.2, 0.25) is 0 Å². The van der Waals surface area contributed by atoms with Crippen molar-refractivity contribution < 1.29 is 14.3 Å². The molecule has 2 N–H and O–H groups in total. The number of benzene rings is 2. The second kappa shape index (κ2) is 8.79. The van der Waals surface area contributed by atoms with Crippen molar-refractivity contribution in [3.8, 4) is 5.75 Å². The molecule has 0 bridgehead atoms. The quantitative estimate of drug-likeness (QED) is 0.527. The summed E-state index contributed by atoms with van der Waals surface area (Å²) in [6, 6.07) is 14.7. The number of H-pyrrole nitrogens is 1. The third-order valence-corrected chi connectivity index (χ3v) is 6.27. The molecule has 174 valence electrons. The van der Waals surface area contributed by atoms with Crippen LogP contribution in [0.15, 0.2) is 63.7 Å². The zero-order valence-electron chi connectivity index (χ0n) is 19.0. The van der Waals surface area contributed by atoms with Crippen molar-refractivity contribution in [2.45, 2.75) is 25.8 Å². The molecule has 3 aromatic rings. The largest absolute Gasteiger partial charge is 0.494 e. The van der Waals surface area contributed by atoms with E-state index in [9.17, 15) is 14.4 Å². The summed E-state index contributed by atoms with van der Waals surface area (Å²) in [5.74, 6) is 0.142. The van der Waals surface area contributed by atoms with Crippen LogP contribution in [-0.4, -0.2) is 35.7 Å². The summed E-state index contributed by atoms with van der Waals surface area (Å²) >= 11 is 0. The first-order valence-electron chi connectivity index (χ1n) is 11.3. The number of methoxy groups -OCH3 is 1. The van der Waals surface area contributed by atoms with Crippen LogP contribution < -0.4 is 21.3 Å². The lowest BCUT2D eigenvalue weighted by molar-refractivity contribution is 0.103. The molecule has 2 aromatic carbocycles. The maximum Gasteiger partial charge on any atom is 0.329 e. The highest BCUT2D eigenvalue weighted by atomic mass is 16.5. The SMILES string of the molecule is CCOc1ccccc1[C@H]1C2=C(Nc3c1c(=O)[nH]c(=O)n3CCCOC)c1ccccc1C2=O. The number of Topliss-reactive ketones (excluding diaryl/α,β-unsaturated/α-hetero) is 1. The number of nitrogens with one attached hydrogen (secondary N) is 2. The van der Waals surface area contributed by atoms with Gasteiger partial charge in [-0.25, -0.2) is 4.79 Å². The van der Waals surface area contributed by atoms with E-state index in [2.05, 4.69) is 10.3 Å². The number of carbonyl (C=O) groups excluding carboxylic acids is 1. The third-order valence-electron chi connectivity index (χ3n) is 6.27.